The topological polar surface area (TPSA) is 104 Å². The standard InChI is InChI=1S/C16H14FN3O4S/c1-9-15(21)18-13-6-5-12(8-14(13)19-16(9)22)25(23,24)20-11-4-2-3-10(17)7-11/h2-9,20H,1H3,(H,18,21)(H,19,22). The zero-order valence-corrected chi connectivity index (χ0v) is 13.9. The summed E-state index contributed by atoms with van der Waals surface area (Å²) >= 11 is 0. The Labute approximate surface area is 143 Å². The Hall–Kier alpha value is -2.94. The summed E-state index contributed by atoms with van der Waals surface area (Å²) in [6, 6.07) is 8.92. The molecule has 3 rings (SSSR count). The number of hydrogen-bond donors (Lipinski definition) is 3. The maximum absolute atomic E-state index is 13.2. The molecule has 0 fully saturated rings. The Morgan fingerprint density at radius 1 is 1.00 bits per heavy atom. The van der Waals surface area contributed by atoms with Crippen molar-refractivity contribution in [2.75, 3.05) is 15.4 Å². The Morgan fingerprint density at radius 2 is 1.68 bits per heavy atom. The Kier molecular flexibility index (Phi) is 4.17. The first kappa shape index (κ1) is 16.9. The maximum Gasteiger partial charge on any atom is 0.261 e. The summed E-state index contributed by atoms with van der Waals surface area (Å²) in [4.78, 5) is 23.6. The molecule has 1 unspecified atom stereocenters. The molecule has 0 aromatic heterocycles. The molecule has 2 aromatic rings. The minimum atomic E-state index is -4.00. The summed E-state index contributed by atoms with van der Waals surface area (Å²) in [7, 11) is -4.00. The number of benzene rings is 2. The third-order valence-corrected chi connectivity index (χ3v) is 5.06. The molecule has 2 amide bonds. The molecule has 25 heavy (non-hydrogen) atoms. The Morgan fingerprint density at radius 3 is 2.36 bits per heavy atom. The van der Waals surface area contributed by atoms with Crippen LogP contribution in [0, 0.1) is 11.7 Å². The van der Waals surface area contributed by atoms with Gasteiger partial charge in [0.05, 0.1) is 22.0 Å². The zero-order chi connectivity index (χ0) is 18.2. The van der Waals surface area contributed by atoms with Crippen molar-refractivity contribution in [2.24, 2.45) is 5.92 Å². The Balaban J connectivity index is 1.95. The lowest BCUT2D eigenvalue weighted by molar-refractivity contribution is -0.128. The molecule has 0 spiro atoms. The summed E-state index contributed by atoms with van der Waals surface area (Å²) < 4.78 is 40.4. The normalized spacial score (nSPS) is 17.1. The summed E-state index contributed by atoms with van der Waals surface area (Å²) in [5, 5.41) is 5.06. The van der Waals surface area contributed by atoms with Crippen molar-refractivity contribution in [3.63, 3.8) is 0 Å². The number of nitrogens with one attached hydrogen (secondary N) is 3. The van der Waals surface area contributed by atoms with Crippen molar-refractivity contribution in [2.45, 2.75) is 11.8 Å². The zero-order valence-electron chi connectivity index (χ0n) is 13.0. The van der Waals surface area contributed by atoms with Gasteiger partial charge >= 0.3 is 0 Å². The van der Waals surface area contributed by atoms with E-state index in [1.165, 1.54) is 43.3 Å². The highest BCUT2D eigenvalue weighted by Crippen LogP contribution is 2.29. The molecule has 0 radical (unpaired) electrons. The lowest BCUT2D eigenvalue weighted by Gasteiger charge is -2.12. The minimum Gasteiger partial charge on any atom is -0.324 e. The average molecular weight is 363 g/mol. The van der Waals surface area contributed by atoms with E-state index in [1.807, 2.05) is 0 Å². The first-order chi connectivity index (χ1) is 11.8. The van der Waals surface area contributed by atoms with E-state index in [0.717, 1.165) is 6.07 Å². The number of sulfonamides is 1. The van der Waals surface area contributed by atoms with Crippen molar-refractivity contribution in [3.8, 4) is 0 Å². The van der Waals surface area contributed by atoms with Crippen LogP contribution in [0.5, 0.6) is 0 Å². The molecule has 0 saturated carbocycles. The average Bonchev–Trinajstić information content (AvgIpc) is 2.64. The largest absolute Gasteiger partial charge is 0.324 e. The fourth-order valence-electron chi connectivity index (χ4n) is 2.27. The van der Waals surface area contributed by atoms with E-state index in [9.17, 15) is 22.4 Å². The molecular formula is C16H14FN3O4S. The van der Waals surface area contributed by atoms with Gasteiger partial charge in [0.2, 0.25) is 11.8 Å². The summed E-state index contributed by atoms with van der Waals surface area (Å²) in [5.41, 5.74) is 0.540. The van der Waals surface area contributed by atoms with Gasteiger partial charge in [-0.05, 0) is 43.3 Å². The number of hydrogen-bond acceptors (Lipinski definition) is 4. The summed E-state index contributed by atoms with van der Waals surface area (Å²) in [6.45, 7) is 1.44. The van der Waals surface area contributed by atoms with Crippen LogP contribution in [-0.2, 0) is 19.6 Å². The van der Waals surface area contributed by atoms with Crippen LogP contribution in [0.25, 0.3) is 0 Å². The highest BCUT2D eigenvalue weighted by molar-refractivity contribution is 7.92. The molecule has 2 aromatic carbocycles. The van der Waals surface area contributed by atoms with Crippen LogP contribution in [0.2, 0.25) is 0 Å². The van der Waals surface area contributed by atoms with Crippen LogP contribution in [0.1, 0.15) is 6.92 Å². The van der Waals surface area contributed by atoms with E-state index in [-0.39, 0.29) is 16.3 Å². The lowest BCUT2D eigenvalue weighted by Crippen LogP contribution is -2.28. The highest BCUT2D eigenvalue weighted by atomic mass is 32.2. The molecule has 9 heteroatoms. The molecule has 130 valence electrons. The van der Waals surface area contributed by atoms with Gasteiger partial charge in [0.1, 0.15) is 11.7 Å². The molecule has 7 nitrogen and oxygen atoms in total. The van der Waals surface area contributed by atoms with E-state index in [4.69, 9.17) is 0 Å². The van der Waals surface area contributed by atoms with Crippen LogP contribution in [0.3, 0.4) is 0 Å². The van der Waals surface area contributed by atoms with E-state index < -0.39 is 33.6 Å². The first-order valence-corrected chi connectivity index (χ1v) is 8.79. The van der Waals surface area contributed by atoms with Gasteiger partial charge in [-0.25, -0.2) is 12.8 Å². The second-order valence-electron chi connectivity index (χ2n) is 5.52. The maximum atomic E-state index is 13.2. The number of rotatable bonds is 3. The number of anilines is 3. The van der Waals surface area contributed by atoms with E-state index >= 15 is 0 Å². The van der Waals surface area contributed by atoms with Crippen molar-refractivity contribution >= 4 is 38.9 Å². The predicted molar refractivity (Wildman–Crippen MR) is 90.1 cm³/mol. The van der Waals surface area contributed by atoms with E-state index in [1.54, 1.807) is 0 Å². The lowest BCUT2D eigenvalue weighted by atomic mass is 10.1. The fourth-order valence-corrected chi connectivity index (χ4v) is 3.35. The number of carbonyl (C=O) groups excluding carboxylic acids is 2. The molecule has 1 aliphatic heterocycles. The minimum absolute atomic E-state index is 0.0703. The second-order valence-corrected chi connectivity index (χ2v) is 7.21. The van der Waals surface area contributed by atoms with Crippen LogP contribution >= 0.6 is 0 Å². The highest BCUT2D eigenvalue weighted by Gasteiger charge is 2.27. The fraction of sp³-hybridized carbons (Fsp3) is 0.125. The number of halogens is 1. The van der Waals surface area contributed by atoms with Crippen molar-refractivity contribution in [1.82, 2.24) is 0 Å². The quantitative estimate of drug-likeness (QED) is 0.727. The van der Waals surface area contributed by atoms with Crippen LogP contribution < -0.4 is 15.4 Å². The molecule has 0 saturated heterocycles. The van der Waals surface area contributed by atoms with Gasteiger partial charge in [0, 0.05) is 0 Å². The SMILES string of the molecule is CC1C(=O)Nc2ccc(S(=O)(=O)Nc3cccc(F)c3)cc2NC1=O. The molecule has 1 heterocycles. The summed E-state index contributed by atoms with van der Waals surface area (Å²) in [6.07, 6.45) is 0. The predicted octanol–water partition coefficient (Wildman–Crippen LogP) is 2.15. The number of carbonyl (C=O) groups is 2. The molecule has 0 aliphatic carbocycles. The van der Waals surface area contributed by atoms with E-state index in [2.05, 4.69) is 15.4 Å². The molecular weight excluding hydrogens is 349 g/mol. The van der Waals surface area contributed by atoms with Crippen LogP contribution in [0.15, 0.2) is 47.4 Å². The van der Waals surface area contributed by atoms with Crippen LogP contribution in [-0.4, -0.2) is 20.2 Å². The summed E-state index contributed by atoms with van der Waals surface area (Å²) in [5.74, 6) is -2.50. The first-order valence-electron chi connectivity index (χ1n) is 7.30. The third-order valence-electron chi connectivity index (χ3n) is 3.68. The number of fused-ring (bicyclic) bond motifs is 1. The number of amides is 2. The van der Waals surface area contributed by atoms with Crippen molar-refractivity contribution in [3.05, 3.63) is 48.3 Å². The monoisotopic (exact) mass is 363 g/mol. The van der Waals surface area contributed by atoms with Gasteiger partial charge in [0.15, 0.2) is 0 Å². The molecule has 1 aliphatic rings. The Bertz CT molecular complexity index is 975. The van der Waals surface area contributed by atoms with Gasteiger partial charge in [-0.2, -0.15) is 0 Å². The van der Waals surface area contributed by atoms with Gasteiger partial charge in [-0.15, -0.1) is 0 Å². The third kappa shape index (κ3) is 3.45. The van der Waals surface area contributed by atoms with E-state index in [0.29, 0.717) is 5.69 Å². The van der Waals surface area contributed by atoms with Crippen molar-refractivity contribution in [1.29, 1.82) is 0 Å². The molecule has 3 N–H and O–H groups in total. The van der Waals surface area contributed by atoms with Crippen molar-refractivity contribution < 1.29 is 22.4 Å². The van der Waals surface area contributed by atoms with Gasteiger partial charge in [-0.1, -0.05) is 6.07 Å². The van der Waals surface area contributed by atoms with Crippen LogP contribution in [0.4, 0.5) is 21.5 Å². The second kappa shape index (κ2) is 6.17. The van der Waals surface area contributed by atoms with Gasteiger partial charge < -0.3 is 10.6 Å². The molecule has 1 atom stereocenters. The smallest absolute Gasteiger partial charge is 0.261 e. The molecule has 0 bridgehead atoms. The van der Waals surface area contributed by atoms with Gasteiger partial charge in [0.25, 0.3) is 10.0 Å². The van der Waals surface area contributed by atoms with Gasteiger partial charge in [-0.3, -0.25) is 14.3 Å².